The van der Waals surface area contributed by atoms with Crippen molar-refractivity contribution in [1.82, 2.24) is 4.40 Å². The SMILES string of the molecule is c1ccc(-c2c3c4ccccc4ccc3n3cccc(-c4ccc(N(c5ccc(-c6cccc7ccccc67)cc5)c5cccc6c5sc5ccccc56)cc4)c23)cc1. The summed E-state index contributed by atoms with van der Waals surface area (Å²) in [4.78, 5) is 2.43. The number of fused-ring (bicyclic) bond motifs is 9. The summed E-state index contributed by atoms with van der Waals surface area (Å²) in [6.45, 7) is 0. The van der Waals surface area contributed by atoms with Gasteiger partial charge in [0.1, 0.15) is 0 Å². The fraction of sp³-hybridized carbons (Fsp3) is 0. The van der Waals surface area contributed by atoms with Crippen LogP contribution in [0.3, 0.4) is 0 Å². The molecule has 0 radical (unpaired) electrons. The summed E-state index contributed by atoms with van der Waals surface area (Å²) in [6, 6.07) is 77.7. The molecule has 0 aliphatic heterocycles. The quantitative estimate of drug-likeness (QED) is 0.163. The molecule has 9 aromatic carbocycles. The zero-order valence-electron chi connectivity index (χ0n) is 32.1. The van der Waals surface area contributed by atoms with Gasteiger partial charge >= 0.3 is 0 Å². The summed E-state index contributed by atoms with van der Waals surface area (Å²) >= 11 is 1.87. The number of hydrogen-bond acceptors (Lipinski definition) is 2. The van der Waals surface area contributed by atoms with Crippen molar-refractivity contribution < 1.29 is 0 Å². The molecule has 12 aromatic rings. The largest absolute Gasteiger partial charge is 0.315 e. The third-order valence-corrected chi connectivity index (χ3v) is 13.2. The van der Waals surface area contributed by atoms with E-state index in [4.69, 9.17) is 0 Å². The van der Waals surface area contributed by atoms with Gasteiger partial charge in [0.05, 0.1) is 21.4 Å². The van der Waals surface area contributed by atoms with E-state index in [1.54, 1.807) is 0 Å². The molecule has 0 atom stereocenters. The van der Waals surface area contributed by atoms with Crippen LogP contribution in [0, 0.1) is 0 Å². The van der Waals surface area contributed by atoms with Gasteiger partial charge in [0.15, 0.2) is 0 Å². The first-order chi connectivity index (χ1) is 29.3. The van der Waals surface area contributed by atoms with Crippen LogP contribution in [0.2, 0.25) is 0 Å². The summed E-state index contributed by atoms with van der Waals surface area (Å²) in [5.41, 5.74) is 13.1. The molecule has 0 amide bonds. The van der Waals surface area contributed by atoms with Crippen molar-refractivity contribution in [3.63, 3.8) is 0 Å². The van der Waals surface area contributed by atoms with Crippen LogP contribution in [0.4, 0.5) is 17.1 Å². The molecule has 0 N–H and O–H groups in total. The molecule has 0 bridgehead atoms. The highest BCUT2D eigenvalue weighted by Gasteiger charge is 2.22. The number of aromatic nitrogens is 1. The van der Waals surface area contributed by atoms with Crippen LogP contribution in [0.1, 0.15) is 0 Å². The number of anilines is 3. The van der Waals surface area contributed by atoms with Crippen molar-refractivity contribution in [2.75, 3.05) is 4.90 Å². The molecule has 0 spiro atoms. The lowest BCUT2D eigenvalue weighted by Crippen LogP contribution is -2.10. The van der Waals surface area contributed by atoms with Gasteiger partial charge in [-0.25, -0.2) is 0 Å². The Bertz CT molecular complexity index is 3540. The second kappa shape index (κ2) is 13.6. The number of hydrogen-bond donors (Lipinski definition) is 0. The molecule has 3 heteroatoms. The maximum atomic E-state index is 2.43. The fourth-order valence-electron chi connectivity index (χ4n) is 9.32. The minimum atomic E-state index is 1.11. The third-order valence-electron chi connectivity index (χ3n) is 12.0. The topological polar surface area (TPSA) is 7.65 Å². The third kappa shape index (κ3) is 5.40. The van der Waals surface area contributed by atoms with Gasteiger partial charge in [-0.05, 0) is 92.3 Å². The molecule has 59 heavy (non-hydrogen) atoms. The van der Waals surface area contributed by atoms with E-state index in [9.17, 15) is 0 Å². The van der Waals surface area contributed by atoms with Crippen molar-refractivity contribution in [2.45, 2.75) is 0 Å². The highest BCUT2D eigenvalue weighted by atomic mass is 32.1. The second-order valence-electron chi connectivity index (χ2n) is 15.3. The Hall–Kier alpha value is -7.46. The smallest absolute Gasteiger partial charge is 0.0640 e. The molecule has 276 valence electrons. The Kier molecular flexibility index (Phi) is 7.75. The zero-order valence-corrected chi connectivity index (χ0v) is 32.9. The Morgan fingerprint density at radius 3 is 1.76 bits per heavy atom. The Morgan fingerprint density at radius 1 is 0.390 bits per heavy atom. The average molecular weight is 769 g/mol. The van der Waals surface area contributed by atoms with Crippen molar-refractivity contribution in [3.05, 3.63) is 219 Å². The normalized spacial score (nSPS) is 11.7. The summed E-state index contributed by atoms with van der Waals surface area (Å²) in [7, 11) is 0. The molecule has 3 heterocycles. The lowest BCUT2D eigenvalue weighted by molar-refractivity contribution is 1.25. The van der Waals surface area contributed by atoms with E-state index in [-0.39, 0.29) is 0 Å². The molecule has 0 saturated heterocycles. The first-order valence-corrected chi connectivity index (χ1v) is 21.0. The molecule has 12 rings (SSSR count). The van der Waals surface area contributed by atoms with Crippen LogP contribution in [0.15, 0.2) is 219 Å². The minimum absolute atomic E-state index is 1.11. The van der Waals surface area contributed by atoms with Gasteiger partial charge in [-0.2, -0.15) is 0 Å². The predicted molar refractivity (Wildman–Crippen MR) is 254 cm³/mol. The van der Waals surface area contributed by atoms with Gasteiger partial charge in [0, 0.05) is 49.6 Å². The van der Waals surface area contributed by atoms with Crippen molar-refractivity contribution in [3.8, 4) is 33.4 Å². The van der Waals surface area contributed by atoms with Crippen molar-refractivity contribution >= 4 is 86.5 Å². The van der Waals surface area contributed by atoms with Crippen molar-refractivity contribution in [1.29, 1.82) is 0 Å². The number of rotatable bonds is 6. The monoisotopic (exact) mass is 768 g/mol. The van der Waals surface area contributed by atoms with E-state index in [1.807, 2.05) is 11.3 Å². The minimum Gasteiger partial charge on any atom is -0.315 e. The van der Waals surface area contributed by atoms with Gasteiger partial charge < -0.3 is 9.30 Å². The molecule has 0 unspecified atom stereocenters. The number of benzene rings is 9. The second-order valence-corrected chi connectivity index (χ2v) is 16.3. The van der Waals surface area contributed by atoms with E-state index in [0.29, 0.717) is 0 Å². The standard InChI is InChI=1S/C56H36N2S/c1-2-15-41(16-3-1)53-54-46-19-7-5-14-38(46)30-35-50(54)57-36-12-23-47(55(53)57)40-28-33-43(34-29-40)58(51-24-11-22-49-48-20-8-9-25-52(48)59-56(49)51)42-31-26-39(27-32-42)45-21-10-17-37-13-4-6-18-44(37)45/h1-36H. The van der Waals surface area contributed by atoms with Crippen molar-refractivity contribution in [2.24, 2.45) is 0 Å². The van der Waals surface area contributed by atoms with E-state index in [2.05, 4.69) is 228 Å². The van der Waals surface area contributed by atoms with E-state index >= 15 is 0 Å². The first kappa shape index (κ1) is 33.7. The molecule has 2 nitrogen and oxygen atoms in total. The predicted octanol–water partition coefficient (Wildman–Crippen LogP) is 16.2. The van der Waals surface area contributed by atoms with E-state index in [0.717, 1.165) is 11.4 Å². The maximum Gasteiger partial charge on any atom is 0.0640 e. The van der Waals surface area contributed by atoms with Crippen LogP contribution in [-0.2, 0) is 0 Å². The zero-order chi connectivity index (χ0) is 38.9. The van der Waals surface area contributed by atoms with Gasteiger partial charge in [0.25, 0.3) is 0 Å². The van der Waals surface area contributed by atoms with E-state index < -0.39 is 0 Å². The highest BCUT2D eigenvalue weighted by Crippen LogP contribution is 2.47. The summed E-state index contributed by atoms with van der Waals surface area (Å²) in [5.74, 6) is 0. The molecule has 0 fully saturated rings. The van der Waals surface area contributed by atoms with Gasteiger partial charge in [-0.15, -0.1) is 11.3 Å². The molecular formula is C56H36N2S. The Balaban J connectivity index is 1.04. The van der Waals surface area contributed by atoms with Crippen LogP contribution >= 0.6 is 11.3 Å². The molecule has 3 aromatic heterocycles. The number of pyridine rings is 1. The fourth-order valence-corrected chi connectivity index (χ4v) is 10.5. The first-order valence-electron chi connectivity index (χ1n) is 20.2. The number of nitrogens with zero attached hydrogens (tertiary/aromatic N) is 2. The lowest BCUT2D eigenvalue weighted by Gasteiger charge is -2.26. The highest BCUT2D eigenvalue weighted by molar-refractivity contribution is 7.26. The summed E-state index contributed by atoms with van der Waals surface area (Å²) in [6.07, 6.45) is 2.21. The van der Waals surface area contributed by atoms with Gasteiger partial charge in [-0.3, -0.25) is 0 Å². The summed E-state index contributed by atoms with van der Waals surface area (Å²) in [5, 5.41) is 8.90. The van der Waals surface area contributed by atoms with Gasteiger partial charge in [0.2, 0.25) is 0 Å². The van der Waals surface area contributed by atoms with E-state index in [1.165, 1.54) is 97.2 Å². The Morgan fingerprint density at radius 2 is 0.983 bits per heavy atom. The maximum absolute atomic E-state index is 2.43. The molecule has 0 aliphatic rings. The summed E-state index contributed by atoms with van der Waals surface area (Å²) < 4.78 is 4.96. The van der Waals surface area contributed by atoms with Crippen LogP contribution in [0.25, 0.3) is 91.5 Å². The molecule has 0 saturated carbocycles. The Labute approximate surface area is 346 Å². The van der Waals surface area contributed by atoms with Gasteiger partial charge in [-0.1, -0.05) is 164 Å². The molecule has 0 aliphatic carbocycles. The number of thiophene rings is 1. The van der Waals surface area contributed by atoms with Crippen LogP contribution in [0.5, 0.6) is 0 Å². The molecular weight excluding hydrogens is 733 g/mol. The van der Waals surface area contributed by atoms with Crippen LogP contribution in [-0.4, -0.2) is 4.40 Å². The lowest BCUT2D eigenvalue weighted by atomic mass is 9.95. The average Bonchev–Trinajstić information content (AvgIpc) is 3.87. The van der Waals surface area contributed by atoms with Crippen LogP contribution < -0.4 is 4.90 Å².